The number of hydrogen-bond donors (Lipinski definition) is 0. The van der Waals surface area contributed by atoms with Crippen LogP contribution in [0.1, 0.15) is 31.0 Å². The van der Waals surface area contributed by atoms with Gasteiger partial charge in [-0.15, -0.1) is 10.2 Å². The summed E-state index contributed by atoms with van der Waals surface area (Å²) in [5.74, 6) is 2.29. The largest absolute Gasteiger partial charge is 0.493 e. The van der Waals surface area contributed by atoms with Crippen LogP contribution >= 0.6 is 0 Å². The molecule has 2 aromatic heterocycles. The Balaban J connectivity index is 2.06. The van der Waals surface area contributed by atoms with Gasteiger partial charge in [0.15, 0.2) is 17.3 Å². The van der Waals surface area contributed by atoms with Gasteiger partial charge >= 0.3 is 0 Å². The molecule has 0 atom stereocenters. The zero-order valence-corrected chi connectivity index (χ0v) is 15.1. The summed E-state index contributed by atoms with van der Waals surface area (Å²) in [6.45, 7) is 6.25. The highest BCUT2D eigenvalue weighted by Crippen LogP contribution is 2.33. The fourth-order valence-electron chi connectivity index (χ4n) is 2.64. The lowest BCUT2D eigenvalue weighted by molar-refractivity contribution is 0.355. The smallest absolute Gasteiger partial charge is 0.183 e. The third-order valence-corrected chi connectivity index (χ3v) is 3.94. The lowest BCUT2D eigenvalue weighted by Gasteiger charge is -2.07. The van der Waals surface area contributed by atoms with Crippen LogP contribution in [0, 0.1) is 6.92 Å². The summed E-state index contributed by atoms with van der Waals surface area (Å²) in [6.07, 6.45) is 2.02. The number of benzene rings is 1. The minimum absolute atomic E-state index is 0.250. The SMILES string of the molecule is COc1ccc(N=Nc2c(C(C)C)nc3ccc(C)cn23)cc1OC. The van der Waals surface area contributed by atoms with Gasteiger partial charge in [0.05, 0.1) is 25.6 Å². The minimum atomic E-state index is 0.250. The fraction of sp³-hybridized carbons (Fsp3) is 0.316. The first-order valence-corrected chi connectivity index (χ1v) is 8.16. The Morgan fingerprint density at radius 2 is 1.76 bits per heavy atom. The third kappa shape index (κ3) is 3.33. The molecule has 0 amide bonds. The standard InChI is InChI=1S/C19H22N4O2/c1-12(2)18-19(23-11-13(3)6-9-17(23)20-18)22-21-14-7-8-15(24-4)16(10-14)25-5/h6-12H,1-5H3. The van der Waals surface area contributed by atoms with E-state index >= 15 is 0 Å². The molecule has 0 N–H and O–H groups in total. The summed E-state index contributed by atoms with van der Waals surface area (Å²) in [6, 6.07) is 9.49. The second-order valence-electron chi connectivity index (χ2n) is 6.15. The Morgan fingerprint density at radius 1 is 1.00 bits per heavy atom. The molecule has 0 aliphatic heterocycles. The van der Waals surface area contributed by atoms with E-state index in [9.17, 15) is 0 Å². The Kier molecular flexibility index (Phi) is 4.70. The third-order valence-electron chi connectivity index (χ3n) is 3.94. The first kappa shape index (κ1) is 17.0. The number of aromatic nitrogens is 2. The second-order valence-corrected chi connectivity index (χ2v) is 6.15. The normalized spacial score (nSPS) is 11.6. The lowest BCUT2D eigenvalue weighted by Crippen LogP contribution is -1.89. The fourth-order valence-corrected chi connectivity index (χ4v) is 2.64. The van der Waals surface area contributed by atoms with Gasteiger partial charge < -0.3 is 9.47 Å². The quantitative estimate of drug-likeness (QED) is 0.601. The van der Waals surface area contributed by atoms with E-state index < -0.39 is 0 Å². The van der Waals surface area contributed by atoms with Crippen LogP contribution < -0.4 is 9.47 Å². The van der Waals surface area contributed by atoms with E-state index in [-0.39, 0.29) is 5.92 Å². The average molecular weight is 338 g/mol. The van der Waals surface area contributed by atoms with Crippen LogP contribution in [0.4, 0.5) is 11.5 Å². The molecular weight excluding hydrogens is 316 g/mol. The molecule has 0 bridgehead atoms. The number of aryl methyl sites for hydroxylation is 1. The van der Waals surface area contributed by atoms with Crippen molar-refractivity contribution in [3.05, 3.63) is 47.8 Å². The van der Waals surface area contributed by atoms with Crippen LogP contribution in [-0.4, -0.2) is 23.6 Å². The molecule has 130 valence electrons. The van der Waals surface area contributed by atoms with E-state index in [1.807, 2.05) is 41.8 Å². The molecule has 6 heteroatoms. The monoisotopic (exact) mass is 338 g/mol. The number of azo groups is 1. The molecule has 0 aliphatic carbocycles. The van der Waals surface area contributed by atoms with Gasteiger partial charge in [-0.1, -0.05) is 19.9 Å². The summed E-state index contributed by atoms with van der Waals surface area (Å²) >= 11 is 0. The molecule has 0 saturated carbocycles. The Labute approximate surface area is 147 Å². The van der Waals surface area contributed by atoms with Gasteiger partial charge in [-0.2, -0.15) is 0 Å². The Morgan fingerprint density at radius 3 is 2.44 bits per heavy atom. The van der Waals surface area contributed by atoms with Crippen molar-refractivity contribution in [1.82, 2.24) is 9.38 Å². The van der Waals surface area contributed by atoms with E-state index in [4.69, 9.17) is 14.5 Å². The number of nitrogens with zero attached hydrogens (tertiary/aromatic N) is 4. The lowest BCUT2D eigenvalue weighted by atomic mass is 10.1. The van der Waals surface area contributed by atoms with Gasteiger partial charge in [0.2, 0.25) is 0 Å². The zero-order valence-electron chi connectivity index (χ0n) is 15.1. The van der Waals surface area contributed by atoms with Crippen LogP contribution in [0.15, 0.2) is 46.8 Å². The molecule has 0 aliphatic rings. The van der Waals surface area contributed by atoms with Crippen LogP contribution in [0.5, 0.6) is 11.5 Å². The highest BCUT2D eigenvalue weighted by atomic mass is 16.5. The van der Waals surface area contributed by atoms with E-state index in [1.54, 1.807) is 20.3 Å². The van der Waals surface area contributed by atoms with Crippen LogP contribution in [0.25, 0.3) is 5.65 Å². The van der Waals surface area contributed by atoms with Crippen molar-refractivity contribution >= 4 is 17.2 Å². The molecular formula is C19H22N4O2. The number of rotatable bonds is 5. The molecule has 2 heterocycles. The van der Waals surface area contributed by atoms with Gasteiger partial charge in [0.25, 0.3) is 0 Å². The number of imidazole rings is 1. The molecule has 0 saturated heterocycles. The molecule has 0 unspecified atom stereocenters. The average Bonchev–Trinajstić information content (AvgIpc) is 2.97. The summed E-state index contributed by atoms with van der Waals surface area (Å²) in [5.41, 5.74) is 3.63. The topological polar surface area (TPSA) is 60.5 Å². The van der Waals surface area contributed by atoms with Gasteiger partial charge in [0.1, 0.15) is 5.65 Å². The molecule has 0 fully saturated rings. The van der Waals surface area contributed by atoms with Crippen molar-refractivity contribution in [3.8, 4) is 11.5 Å². The van der Waals surface area contributed by atoms with Crippen molar-refractivity contribution < 1.29 is 9.47 Å². The van der Waals surface area contributed by atoms with E-state index in [0.717, 1.165) is 22.7 Å². The molecule has 25 heavy (non-hydrogen) atoms. The van der Waals surface area contributed by atoms with E-state index in [1.165, 1.54) is 0 Å². The van der Waals surface area contributed by atoms with Gasteiger partial charge in [-0.05, 0) is 36.6 Å². The van der Waals surface area contributed by atoms with Crippen molar-refractivity contribution in [2.45, 2.75) is 26.7 Å². The molecule has 0 radical (unpaired) electrons. The summed E-state index contributed by atoms with van der Waals surface area (Å²) in [7, 11) is 3.21. The minimum Gasteiger partial charge on any atom is -0.493 e. The Bertz CT molecular complexity index is 929. The summed E-state index contributed by atoms with van der Waals surface area (Å²) < 4.78 is 12.6. The predicted molar refractivity (Wildman–Crippen MR) is 97.7 cm³/mol. The molecule has 0 spiro atoms. The maximum atomic E-state index is 5.32. The maximum absolute atomic E-state index is 5.32. The van der Waals surface area contributed by atoms with Crippen LogP contribution in [0.2, 0.25) is 0 Å². The van der Waals surface area contributed by atoms with Crippen molar-refractivity contribution in [1.29, 1.82) is 0 Å². The Hall–Kier alpha value is -2.89. The second kappa shape index (κ2) is 6.93. The highest BCUT2D eigenvalue weighted by molar-refractivity contribution is 5.55. The number of fused-ring (bicyclic) bond motifs is 1. The number of methoxy groups -OCH3 is 2. The van der Waals surface area contributed by atoms with Crippen molar-refractivity contribution in [2.75, 3.05) is 14.2 Å². The molecule has 3 aromatic rings. The number of pyridine rings is 1. The first-order valence-electron chi connectivity index (χ1n) is 8.16. The molecule has 3 rings (SSSR count). The molecule has 1 aromatic carbocycles. The van der Waals surface area contributed by atoms with Gasteiger partial charge in [-0.3, -0.25) is 4.40 Å². The van der Waals surface area contributed by atoms with Crippen molar-refractivity contribution in [2.24, 2.45) is 10.2 Å². The van der Waals surface area contributed by atoms with Crippen LogP contribution in [-0.2, 0) is 0 Å². The van der Waals surface area contributed by atoms with Gasteiger partial charge in [0, 0.05) is 12.3 Å². The summed E-state index contributed by atoms with van der Waals surface area (Å²) in [4.78, 5) is 4.69. The highest BCUT2D eigenvalue weighted by Gasteiger charge is 2.15. The first-order chi connectivity index (χ1) is 12.0. The maximum Gasteiger partial charge on any atom is 0.183 e. The number of hydrogen-bond acceptors (Lipinski definition) is 5. The van der Waals surface area contributed by atoms with Crippen molar-refractivity contribution in [3.63, 3.8) is 0 Å². The summed E-state index contributed by atoms with van der Waals surface area (Å²) in [5, 5.41) is 8.87. The zero-order chi connectivity index (χ0) is 18.0. The van der Waals surface area contributed by atoms with Gasteiger partial charge in [-0.25, -0.2) is 4.98 Å². The predicted octanol–water partition coefficient (Wildman–Crippen LogP) is 5.20. The van der Waals surface area contributed by atoms with Crippen LogP contribution in [0.3, 0.4) is 0 Å². The molecule has 6 nitrogen and oxygen atoms in total. The van der Waals surface area contributed by atoms with E-state index in [2.05, 4.69) is 24.1 Å². The number of ether oxygens (including phenoxy) is 2. The van der Waals surface area contributed by atoms with E-state index in [0.29, 0.717) is 17.2 Å².